The van der Waals surface area contributed by atoms with E-state index in [4.69, 9.17) is 10.5 Å². The Morgan fingerprint density at radius 1 is 1.19 bits per heavy atom. The summed E-state index contributed by atoms with van der Waals surface area (Å²) in [6.07, 6.45) is 7.23. The van der Waals surface area contributed by atoms with Gasteiger partial charge in [-0.2, -0.15) is 0 Å². The summed E-state index contributed by atoms with van der Waals surface area (Å²) in [5.74, 6) is 0.958. The van der Waals surface area contributed by atoms with Crippen molar-refractivity contribution in [3.05, 3.63) is 28.8 Å². The minimum absolute atomic E-state index is 0.00589. The second-order valence-electron chi connectivity index (χ2n) is 15.0. The third-order valence-electron chi connectivity index (χ3n) is 12.2. The van der Waals surface area contributed by atoms with E-state index in [0.29, 0.717) is 12.0 Å². The van der Waals surface area contributed by atoms with E-state index < -0.39 is 17.1 Å². The van der Waals surface area contributed by atoms with Crippen molar-refractivity contribution >= 4 is 5.91 Å². The predicted molar refractivity (Wildman–Crippen MR) is 143 cm³/mol. The van der Waals surface area contributed by atoms with Crippen LogP contribution in [-0.2, 0) is 11.2 Å². The molecule has 3 unspecified atom stereocenters. The van der Waals surface area contributed by atoms with Gasteiger partial charge in [-0.15, -0.1) is 0 Å². The molecule has 204 valence electrons. The fourth-order valence-electron chi connectivity index (χ4n) is 9.98. The molecule has 0 aromatic heterocycles. The second kappa shape index (κ2) is 7.73. The van der Waals surface area contributed by atoms with Gasteiger partial charge in [0.05, 0.1) is 42.8 Å². The highest BCUT2D eigenvalue weighted by Crippen LogP contribution is 2.72. The fraction of sp³-hybridized carbons (Fsp3) is 0.774. The number of methoxy groups -OCH3 is 1. The summed E-state index contributed by atoms with van der Waals surface area (Å²) < 4.78 is 7.55. The molecule has 1 aliphatic heterocycles. The molecule has 8 atom stereocenters. The Bertz CT molecular complexity index is 1140. The number of phenols is 1. The third-order valence-corrected chi connectivity index (χ3v) is 12.2. The van der Waals surface area contributed by atoms with Crippen molar-refractivity contribution in [2.45, 2.75) is 95.8 Å². The van der Waals surface area contributed by atoms with Gasteiger partial charge in [0.2, 0.25) is 0 Å². The zero-order valence-electron chi connectivity index (χ0n) is 23.6. The molecule has 5 aliphatic carbocycles. The number of rotatable bonds is 5. The number of quaternary nitrogens is 1. The van der Waals surface area contributed by atoms with E-state index >= 15 is 0 Å². The van der Waals surface area contributed by atoms with Crippen LogP contribution in [0.15, 0.2) is 12.1 Å². The van der Waals surface area contributed by atoms with Crippen LogP contribution >= 0.6 is 0 Å². The maximum Gasteiger partial charge on any atom is 0.252 e. The minimum atomic E-state index is -0.910. The molecular formula is C31H47N2O4+. The first-order valence-electron chi connectivity index (χ1n) is 14.5. The van der Waals surface area contributed by atoms with E-state index in [1.165, 1.54) is 31.5 Å². The topological polar surface area (TPSA) is 92.8 Å². The van der Waals surface area contributed by atoms with Crippen molar-refractivity contribution in [3.63, 3.8) is 0 Å². The first-order chi connectivity index (χ1) is 17.2. The summed E-state index contributed by atoms with van der Waals surface area (Å²) in [6.45, 7) is 10.8. The van der Waals surface area contributed by atoms with E-state index in [-0.39, 0.29) is 34.0 Å². The van der Waals surface area contributed by atoms with Gasteiger partial charge >= 0.3 is 0 Å². The molecule has 1 saturated heterocycles. The monoisotopic (exact) mass is 511 g/mol. The molecule has 0 radical (unpaired) electrons. The van der Waals surface area contributed by atoms with Gasteiger partial charge in [0.25, 0.3) is 5.91 Å². The maximum atomic E-state index is 12.3. The smallest absolute Gasteiger partial charge is 0.252 e. The van der Waals surface area contributed by atoms with Crippen molar-refractivity contribution in [1.82, 2.24) is 0 Å². The van der Waals surface area contributed by atoms with Crippen molar-refractivity contribution < 1.29 is 24.2 Å². The first kappa shape index (κ1) is 25.6. The zero-order chi connectivity index (χ0) is 26.8. The average Bonchev–Trinajstić information content (AvgIpc) is 3.62. The van der Waals surface area contributed by atoms with Crippen LogP contribution in [0, 0.1) is 28.6 Å². The number of hydrogen-bond acceptors (Lipinski definition) is 4. The highest BCUT2D eigenvalue weighted by molar-refractivity contribution is 5.96. The molecule has 1 aromatic rings. The third kappa shape index (κ3) is 3.37. The molecular weight excluding hydrogens is 464 g/mol. The van der Waals surface area contributed by atoms with Crippen LogP contribution in [0.1, 0.15) is 93.6 Å². The Labute approximate surface area is 222 Å². The Morgan fingerprint density at radius 3 is 2.49 bits per heavy atom. The number of carbonyl (C=O) groups is 1. The van der Waals surface area contributed by atoms with Gasteiger partial charge < -0.3 is 25.2 Å². The lowest BCUT2D eigenvalue weighted by Crippen LogP contribution is -2.78. The van der Waals surface area contributed by atoms with Gasteiger partial charge in [0.1, 0.15) is 11.8 Å². The Hall–Kier alpha value is -1.63. The van der Waals surface area contributed by atoms with Gasteiger partial charge in [-0.1, -0.05) is 26.8 Å². The molecule has 1 spiro atoms. The quantitative estimate of drug-likeness (QED) is 0.512. The number of primary amides is 1. The summed E-state index contributed by atoms with van der Waals surface area (Å²) in [5.41, 5.74) is 6.32. The molecule has 1 amide bonds. The Morgan fingerprint density at radius 2 is 1.89 bits per heavy atom. The SMILES string of the molecule is CO[C@]12CC[C@]3(C[C@@H]1C(C)(O)C(C)(C)C)C(C2)c1c(ccc(C(N)=O)c1O)CC1C[N@+](C)(CC2CC2)[C@H]13. The molecule has 2 bridgehead atoms. The number of aliphatic hydroxyl groups is 1. The minimum Gasteiger partial charge on any atom is -0.507 e. The fourth-order valence-corrected chi connectivity index (χ4v) is 9.98. The van der Waals surface area contributed by atoms with Crippen molar-refractivity contribution in [3.8, 4) is 5.75 Å². The van der Waals surface area contributed by atoms with Gasteiger partial charge in [0, 0.05) is 35.8 Å². The first-order valence-corrected chi connectivity index (χ1v) is 14.5. The summed E-state index contributed by atoms with van der Waals surface area (Å²) >= 11 is 0. The Balaban J connectivity index is 1.55. The number of carbonyl (C=O) groups excluding carboxylic acids is 1. The standard InChI is InChI=1S/C31H46N2O4/c1-28(2,3)29(4,36)23-15-30-11-12-31(23,37-6)14-22(30)24-19(9-10-21(25(24)34)27(32)35)13-20-17-33(5,26(20)30)16-18-7-8-18/h9-10,18,20,22-23,26,36H,7-8,11-17H2,1-6H3,(H2-,32,34,35)/p+1/t20?,22?,23-,26-,29?,30+,31+,33+/m1/s1. The van der Waals surface area contributed by atoms with Crippen molar-refractivity contribution in [1.29, 1.82) is 0 Å². The van der Waals surface area contributed by atoms with Crippen LogP contribution in [-0.4, -0.2) is 65.1 Å². The molecule has 4 N–H and O–H groups in total. The van der Waals surface area contributed by atoms with E-state index in [1.54, 1.807) is 13.2 Å². The molecule has 7 rings (SSSR count). The lowest BCUT2D eigenvalue weighted by atomic mass is 9.41. The number of amides is 1. The molecule has 6 nitrogen and oxygen atoms in total. The molecule has 1 heterocycles. The number of benzene rings is 1. The molecule has 1 aromatic carbocycles. The highest BCUT2D eigenvalue weighted by Gasteiger charge is 2.74. The molecule has 6 heteroatoms. The number of aromatic hydroxyl groups is 1. The van der Waals surface area contributed by atoms with Crippen LogP contribution < -0.4 is 5.73 Å². The highest BCUT2D eigenvalue weighted by atomic mass is 16.5. The number of likely N-dealkylation sites (tertiary alicyclic amines) is 1. The Kier molecular flexibility index (Phi) is 5.36. The number of fused-ring (bicyclic) bond motifs is 4. The van der Waals surface area contributed by atoms with E-state index in [1.807, 2.05) is 6.92 Å². The number of nitrogens with two attached hydrogens (primary N) is 1. The summed E-state index contributed by atoms with van der Waals surface area (Å²) in [6, 6.07) is 4.26. The van der Waals surface area contributed by atoms with E-state index in [0.717, 1.165) is 48.1 Å². The summed E-state index contributed by atoms with van der Waals surface area (Å²) in [5, 5.41) is 23.8. The molecule has 6 aliphatic rings. The van der Waals surface area contributed by atoms with Gasteiger partial charge in [-0.25, -0.2) is 0 Å². The van der Waals surface area contributed by atoms with Crippen LogP contribution in [0.4, 0.5) is 0 Å². The summed E-state index contributed by atoms with van der Waals surface area (Å²) in [7, 11) is 4.28. The van der Waals surface area contributed by atoms with E-state index in [2.05, 4.69) is 33.9 Å². The lowest BCUT2D eigenvalue weighted by Gasteiger charge is -2.71. The van der Waals surface area contributed by atoms with Crippen molar-refractivity contribution in [2.24, 2.45) is 34.3 Å². The number of ether oxygens (including phenoxy) is 1. The zero-order valence-corrected chi connectivity index (χ0v) is 23.6. The second-order valence-corrected chi connectivity index (χ2v) is 15.0. The molecule has 5 fully saturated rings. The van der Waals surface area contributed by atoms with Gasteiger partial charge in [0.15, 0.2) is 0 Å². The van der Waals surface area contributed by atoms with Crippen LogP contribution in [0.2, 0.25) is 0 Å². The largest absolute Gasteiger partial charge is 0.507 e. The lowest BCUT2D eigenvalue weighted by molar-refractivity contribution is -0.993. The summed E-state index contributed by atoms with van der Waals surface area (Å²) in [4.78, 5) is 12.3. The molecule has 4 saturated carbocycles. The molecule has 37 heavy (non-hydrogen) atoms. The predicted octanol–water partition coefficient (Wildman–Crippen LogP) is 4.36. The van der Waals surface area contributed by atoms with Gasteiger partial charge in [-0.05, 0) is 68.9 Å². The van der Waals surface area contributed by atoms with Crippen LogP contribution in [0.3, 0.4) is 0 Å². The maximum absolute atomic E-state index is 12.3. The number of hydrogen-bond donors (Lipinski definition) is 3. The normalized spacial score (nSPS) is 42.0. The number of nitrogens with zero attached hydrogens (tertiary/aromatic N) is 1. The van der Waals surface area contributed by atoms with Crippen LogP contribution in [0.25, 0.3) is 0 Å². The average molecular weight is 512 g/mol. The van der Waals surface area contributed by atoms with Crippen molar-refractivity contribution in [2.75, 3.05) is 27.2 Å². The van der Waals surface area contributed by atoms with Crippen LogP contribution in [0.5, 0.6) is 5.75 Å². The van der Waals surface area contributed by atoms with Gasteiger partial charge in [-0.3, -0.25) is 4.79 Å². The van der Waals surface area contributed by atoms with E-state index in [9.17, 15) is 15.0 Å².